The molecule has 1 aromatic heterocycles. The minimum Gasteiger partial charge on any atom is -0.330 e. The lowest BCUT2D eigenvalue weighted by Gasteiger charge is -2.07. The minimum atomic E-state index is 0.670. The van der Waals surface area contributed by atoms with Crippen molar-refractivity contribution in [2.75, 3.05) is 6.54 Å². The summed E-state index contributed by atoms with van der Waals surface area (Å²) in [4.78, 5) is 5.73. The first-order chi connectivity index (χ1) is 9.08. The van der Waals surface area contributed by atoms with Gasteiger partial charge in [0.1, 0.15) is 5.03 Å². The molecule has 2 aromatic rings. The quantitative estimate of drug-likeness (QED) is 0.912. The summed E-state index contributed by atoms with van der Waals surface area (Å²) in [5.41, 5.74) is 9.14. The number of rotatable bonds is 4. The van der Waals surface area contributed by atoms with Gasteiger partial charge in [-0.1, -0.05) is 33.8 Å². The van der Waals surface area contributed by atoms with Crippen LogP contribution in [0.5, 0.6) is 0 Å². The Morgan fingerprint density at radius 3 is 2.63 bits per heavy atom. The lowest BCUT2D eigenvalue weighted by atomic mass is 10.1. The fourth-order valence-electron chi connectivity index (χ4n) is 1.93. The van der Waals surface area contributed by atoms with Gasteiger partial charge in [0.05, 0.1) is 0 Å². The minimum absolute atomic E-state index is 0.670. The average Bonchev–Trinajstić information content (AvgIpc) is 2.31. The van der Waals surface area contributed by atoms with E-state index in [1.54, 1.807) is 11.8 Å². The van der Waals surface area contributed by atoms with Gasteiger partial charge in [-0.25, -0.2) is 4.98 Å². The first kappa shape index (κ1) is 14.6. The van der Waals surface area contributed by atoms with Gasteiger partial charge in [0, 0.05) is 15.1 Å². The number of aryl methyl sites for hydroxylation is 2. The molecule has 2 rings (SSSR count). The normalized spacial score (nSPS) is 10.7. The van der Waals surface area contributed by atoms with Crippen molar-refractivity contribution in [1.82, 2.24) is 4.98 Å². The average molecular weight is 337 g/mol. The van der Waals surface area contributed by atoms with E-state index in [4.69, 9.17) is 5.73 Å². The Hall–Kier alpha value is -0.840. The fraction of sp³-hybridized carbons (Fsp3) is 0.267. The molecule has 0 aliphatic heterocycles. The molecule has 0 saturated heterocycles. The molecule has 0 radical (unpaired) electrons. The Labute approximate surface area is 126 Å². The van der Waals surface area contributed by atoms with E-state index < -0.39 is 0 Å². The Bertz CT molecular complexity index is 564. The summed E-state index contributed by atoms with van der Waals surface area (Å²) in [7, 11) is 0. The van der Waals surface area contributed by atoms with Crippen molar-refractivity contribution >= 4 is 27.7 Å². The number of nitrogens with two attached hydrogens (primary N) is 1. The standard InChI is InChI=1S/C15H17BrN2S/c1-10-7-11(2)18-15(8-10)19-13-4-3-12(5-6-17)14(16)9-13/h3-4,7-9H,5-6,17H2,1-2H3. The van der Waals surface area contributed by atoms with Gasteiger partial charge >= 0.3 is 0 Å². The van der Waals surface area contributed by atoms with E-state index in [-0.39, 0.29) is 0 Å². The molecule has 0 spiro atoms. The van der Waals surface area contributed by atoms with Crippen LogP contribution in [0, 0.1) is 13.8 Å². The van der Waals surface area contributed by atoms with Gasteiger partial charge < -0.3 is 5.73 Å². The van der Waals surface area contributed by atoms with Crippen LogP contribution in [-0.4, -0.2) is 11.5 Å². The maximum atomic E-state index is 5.59. The third-order valence-electron chi connectivity index (χ3n) is 2.73. The maximum absolute atomic E-state index is 5.59. The van der Waals surface area contributed by atoms with E-state index in [0.29, 0.717) is 6.54 Å². The predicted octanol–water partition coefficient (Wildman–Crippen LogP) is 4.11. The molecule has 100 valence electrons. The van der Waals surface area contributed by atoms with Crippen LogP contribution in [0.4, 0.5) is 0 Å². The van der Waals surface area contributed by atoms with Crippen LogP contribution in [0.3, 0.4) is 0 Å². The van der Waals surface area contributed by atoms with Gasteiger partial charge in [-0.15, -0.1) is 0 Å². The first-order valence-corrected chi connectivity index (χ1v) is 7.81. The van der Waals surface area contributed by atoms with Crippen LogP contribution in [0.1, 0.15) is 16.8 Å². The molecule has 2 nitrogen and oxygen atoms in total. The number of hydrogen-bond donors (Lipinski definition) is 1. The summed E-state index contributed by atoms with van der Waals surface area (Å²) in [5.74, 6) is 0. The summed E-state index contributed by atoms with van der Waals surface area (Å²) in [6, 6.07) is 10.6. The molecule has 0 aliphatic carbocycles. The van der Waals surface area contributed by atoms with Crippen molar-refractivity contribution in [3.63, 3.8) is 0 Å². The number of pyridine rings is 1. The van der Waals surface area contributed by atoms with Gasteiger partial charge in [0.25, 0.3) is 0 Å². The van der Waals surface area contributed by atoms with E-state index >= 15 is 0 Å². The molecule has 0 saturated carbocycles. The highest BCUT2D eigenvalue weighted by molar-refractivity contribution is 9.10. The highest BCUT2D eigenvalue weighted by atomic mass is 79.9. The molecule has 1 aromatic carbocycles. The van der Waals surface area contributed by atoms with E-state index in [9.17, 15) is 0 Å². The van der Waals surface area contributed by atoms with E-state index in [1.807, 2.05) is 6.92 Å². The molecule has 0 bridgehead atoms. The number of hydrogen-bond acceptors (Lipinski definition) is 3. The highest BCUT2D eigenvalue weighted by Gasteiger charge is 2.04. The molecule has 4 heteroatoms. The summed E-state index contributed by atoms with van der Waals surface area (Å²) in [5, 5.41) is 1.04. The van der Waals surface area contributed by atoms with Crippen molar-refractivity contribution in [3.05, 3.63) is 51.6 Å². The molecule has 2 N–H and O–H groups in total. The zero-order chi connectivity index (χ0) is 13.8. The summed E-state index contributed by atoms with van der Waals surface area (Å²) < 4.78 is 1.12. The summed E-state index contributed by atoms with van der Waals surface area (Å²) in [6.45, 7) is 4.79. The first-order valence-electron chi connectivity index (χ1n) is 6.20. The molecule has 0 atom stereocenters. The van der Waals surface area contributed by atoms with Gasteiger partial charge in [-0.2, -0.15) is 0 Å². The van der Waals surface area contributed by atoms with Crippen LogP contribution in [0.2, 0.25) is 0 Å². The molecular formula is C15H17BrN2S. The maximum Gasteiger partial charge on any atom is 0.101 e. The lowest BCUT2D eigenvalue weighted by Crippen LogP contribution is -2.03. The van der Waals surface area contributed by atoms with Crippen molar-refractivity contribution < 1.29 is 0 Å². The third-order valence-corrected chi connectivity index (χ3v) is 4.38. The van der Waals surface area contributed by atoms with Crippen molar-refractivity contribution in [3.8, 4) is 0 Å². The smallest absolute Gasteiger partial charge is 0.101 e. The number of aromatic nitrogens is 1. The molecular weight excluding hydrogens is 320 g/mol. The van der Waals surface area contributed by atoms with E-state index in [1.165, 1.54) is 16.0 Å². The van der Waals surface area contributed by atoms with E-state index in [2.05, 4.69) is 58.2 Å². The van der Waals surface area contributed by atoms with Crippen LogP contribution >= 0.6 is 27.7 Å². The van der Waals surface area contributed by atoms with Crippen LogP contribution in [-0.2, 0) is 6.42 Å². The molecule has 0 fully saturated rings. The Balaban J connectivity index is 2.21. The molecule has 0 amide bonds. The number of benzene rings is 1. The number of nitrogens with zero attached hydrogens (tertiary/aromatic N) is 1. The Kier molecular flexibility index (Phi) is 5.02. The van der Waals surface area contributed by atoms with Gasteiger partial charge in [-0.05, 0) is 62.2 Å². The van der Waals surface area contributed by atoms with Gasteiger partial charge in [0.2, 0.25) is 0 Å². The van der Waals surface area contributed by atoms with Gasteiger partial charge in [0.15, 0.2) is 0 Å². The second kappa shape index (κ2) is 6.55. The zero-order valence-corrected chi connectivity index (χ0v) is 13.5. The molecule has 19 heavy (non-hydrogen) atoms. The Morgan fingerprint density at radius 1 is 1.21 bits per heavy atom. The van der Waals surface area contributed by atoms with Gasteiger partial charge in [-0.3, -0.25) is 0 Å². The summed E-state index contributed by atoms with van der Waals surface area (Å²) in [6.07, 6.45) is 0.896. The van der Waals surface area contributed by atoms with Crippen molar-refractivity contribution in [2.24, 2.45) is 5.73 Å². The SMILES string of the molecule is Cc1cc(C)nc(Sc2ccc(CCN)c(Br)c2)c1. The molecule has 1 heterocycles. The summed E-state index contributed by atoms with van der Waals surface area (Å²) >= 11 is 5.29. The predicted molar refractivity (Wildman–Crippen MR) is 84.7 cm³/mol. The van der Waals surface area contributed by atoms with Crippen molar-refractivity contribution in [1.29, 1.82) is 0 Å². The van der Waals surface area contributed by atoms with E-state index in [0.717, 1.165) is 21.6 Å². The Morgan fingerprint density at radius 2 is 2.00 bits per heavy atom. The molecule has 0 aliphatic rings. The highest BCUT2D eigenvalue weighted by Crippen LogP contribution is 2.30. The molecule has 0 unspecified atom stereocenters. The second-order valence-electron chi connectivity index (χ2n) is 4.52. The van der Waals surface area contributed by atoms with Crippen LogP contribution < -0.4 is 5.73 Å². The van der Waals surface area contributed by atoms with Crippen LogP contribution in [0.15, 0.2) is 44.7 Å². The monoisotopic (exact) mass is 336 g/mol. The van der Waals surface area contributed by atoms with Crippen molar-refractivity contribution in [2.45, 2.75) is 30.2 Å². The largest absolute Gasteiger partial charge is 0.330 e. The zero-order valence-electron chi connectivity index (χ0n) is 11.1. The second-order valence-corrected chi connectivity index (χ2v) is 6.47. The fourth-order valence-corrected chi connectivity index (χ4v) is 3.64. The third kappa shape index (κ3) is 4.06. The topological polar surface area (TPSA) is 38.9 Å². The van der Waals surface area contributed by atoms with Crippen LogP contribution in [0.25, 0.3) is 0 Å². The number of halogens is 1. The lowest BCUT2D eigenvalue weighted by molar-refractivity contribution is 0.960.